The van der Waals surface area contributed by atoms with Crippen LogP contribution in [0.5, 0.6) is 28.7 Å². The first-order chi connectivity index (χ1) is 20.3. The Labute approximate surface area is 246 Å². The van der Waals surface area contributed by atoms with E-state index < -0.39 is 21.5 Å². The molecule has 0 heterocycles. The van der Waals surface area contributed by atoms with Crippen molar-refractivity contribution in [3.63, 3.8) is 0 Å². The summed E-state index contributed by atoms with van der Waals surface area (Å²) in [6.45, 7) is 4.17. The Morgan fingerprint density at radius 3 is 1.19 bits per heavy atom. The maximum atomic E-state index is 13.7. The normalized spacial score (nSPS) is 12.1. The second kappa shape index (κ2) is 13.0. The molecule has 0 amide bonds. The van der Waals surface area contributed by atoms with Crippen LogP contribution in [0, 0.1) is 0 Å². The van der Waals surface area contributed by atoms with Crippen LogP contribution in [0.25, 0.3) is 0 Å². The molecule has 5 aromatic rings. The summed E-state index contributed by atoms with van der Waals surface area (Å²) in [6.07, 6.45) is 0. The highest BCUT2D eigenvalue weighted by atomic mass is 31.2. The zero-order valence-electron chi connectivity index (χ0n) is 23.1. The molecule has 0 saturated heterocycles. The number of hydrogen-bond acceptors (Lipinski definition) is 7. The summed E-state index contributed by atoms with van der Waals surface area (Å²) < 4.78 is 54.2. The minimum atomic E-state index is -4.09. The maximum absolute atomic E-state index is 13.7. The van der Waals surface area contributed by atoms with Gasteiger partial charge in [-0.1, -0.05) is 92.7 Å². The molecule has 1 unspecified atom stereocenters. The number of hydrogen-bond donors (Lipinski definition) is 0. The van der Waals surface area contributed by atoms with Crippen molar-refractivity contribution in [2.45, 2.75) is 19.3 Å². The lowest BCUT2D eigenvalue weighted by Crippen LogP contribution is -2.18. The number of benzene rings is 5. The average Bonchev–Trinajstić information content (AvgIpc) is 2.99. The van der Waals surface area contributed by atoms with Crippen molar-refractivity contribution in [1.29, 1.82) is 0 Å². The highest BCUT2D eigenvalue weighted by Crippen LogP contribution is 2.50. The van der Waals surface area contributed by atoms with Crippen molar-refractivity contribution in [1.82, 2.24) is 0 Å². The molecule has 0 N–H and O–H groups in total. The van der Waals surface area contributed by atoms with Gasteiger partial charge in [-0.15, -0.1) is 0 Å². The first kappa shape index (κ1) is 29.1. The SMILES string of the molecule is CC(C)(c1ccc(O[PH](=O)Oc2ccccc2)cc1)c1ccc(OP(=O)(Oc2ccccc2)Oc2ccccc2)cc1. The Morgan fingerprint density at radius 1 is 0.476 bits per heavy atom. The topological polar surface area (TPSA) is 80.3 Å². The van der Waals surface area contributed by atoms with Gasteiger partial charge in [0.2, 0.25) is 0 Å². The number of phosphoric acid groups is 1. The summed E-state index contributed by atoms with van der Waals surface area (Å²) in [7, 11) is -6.85. The fourth-order valence-electron chi connectivity index (χ4n) is 4.15. The lowest BCUT2D eigenvalue weighted by atomic mass is 9.78. The van der Waals surface area contributed by atoms with Crippen molar-refractivity contribution in [3.8, 4) is 28.7 Å². The molecule has 1 atom stereocenters. The summed E-state index contributed by atoms with van der Waals surface area (Å²) in [5, 5.41) is 0. The van der Waals surface area contributed by atoms with Crippen molar-refractivity contribution in [3.05, 3.63) is 151 Å². The first-order valence-electron chi connectivity index (χ1n) is 13.2. The van der Waals surface area contributed by atoms with E-state index >= 15 is 0 Å². The van der Waals surface area contributed by atoms with Crippen LogP contribution in [-0.4, -0.2) is 0 Å². The van der Waals surface area contributed by atoms with E-state index in [1.807, 2.05) is 42.5 Å². The van der Waals surface area contributed by atoms with Crippen molar-refractivity contribution >= 4 is 16.1 Å². The molecule has 9 heteroatoms. The molecule has 5 rings (SSSR count). The van der Waals surface area contributed by atoms with Crippen LogP contribution in [0.15, 0.2) is 140 Å². The van der Waals surface area contributed by atoms with Gasteiger partial charge >= 0.3 is 16.1 Å². The van der Waals surface area contributed by atoms with Crippen LogP contribution in [-0.2, 0) is 14.5 Å². The van der Waals surface area contributed by atoms with Crippen LogP contribution in [0.4, 0.5) is 0 Å². The van der Waals surface area contributed by atoms with Gasteiger partial charge in [-0.05, 0) is 71.8 Å². The van der Waals surface area contributed by atoms with Gasteiger partial charge in [0.15, 0.2) is 0 Å². The molecular formula is C33H30O7P2. The van der Waals surface area contributed by atoms with Crippen LogP contribution in [0.1, 0.15) is 25.0 Å². The second-order valence-corrected chi connectivity index (χ2v) is 12.1. The van der Waals surface area contributed by atoms with Gasteiger partial charge in [-0.25, -0.2) is 4.57 Å². The molecule has 7 nitrogen and oxygen atoms in total. The Hall–Kier alpha value is -4.44. The first-order valence-corrected chi connectivity index (χ1v) is 15.9. The lowest BCUT2D eigenvalue weighted by Gasteiger charge is -2.26. The van der Waals surface area contributed by atoms with E-state index in [1.54, 1.807) is 97.1 Å². The van der Waals surface area contributed by atoms with Gasteiger partial charge in [0, 0.05) is 5.41 Å². The van der Waals surface area contributed by atoms with Gasteiger partial charge in [0.05, 0.1) is 0 Å². The largest absolute Gasteiger partial charge is 0.647 e. The Bertz CT molecular complexity index is 1600. The molecule has 0 spiro atoms. The van der Waals surface area contributed by atoms with Gasteiger partial charge in [-0.3, -0.25) is 0 Å². The van der Waals surface area contributed by atoms with E-state index in [9.17, 15) is 9.13 Å². The van der Waals surface area contributed by atoms with Gasteiger partial charge in [0.25, 0.3) is 0 Å². The monoisotopic (exact) mass is 600 g/mol. The van der Waals surface area contributed by atoms with Crippen LogP contribution in [0.2, 0.25) is 0 Å². The third-order valence-electron chi connectivity index (χ3n) is 6.44. The third-order valence-corrected chi connectivity index (χ3v) is 8.54. The molecule has 0 aliphatic heterocycles. The fourth-order valence-corrected chi connectivity index (χ4v) is 6.10. The highest BCUT2D eigenvalue weighted by Gasteiger charge is 2.33. The van der Waals surface area contributed by atoms with Crippen molar-refractivity contribution < 1.29 is 31.7 Å². The Balaban J connectivity index is 1.28. The fraction of sp³-hybridized carbons (Fsp3) is 0.0909. The summed E-state index contributed by atoms with van der Waals surface area (Å²) in [6, 6.07) is 41.0. The average molecular weight is 601 g/mol. The van der Waals surface area contributed by atoms with E-state index in [0.717, 1.165) is 11.1 Å². The molecule has 0 aliphatic carbocycles. The highest BCUT2D eigenvalue weighted by molar-refractivity contribution is 7.49. The molecule has 0 fully saturated rings. The Kier molecular flexibility index (Phi) is 9.02. The predicted octanol–water partition coefficient (Wildman–Crippen LogP) is 9.50. The minimum absolute atomic E-state index is 0.331. The molecule has 5 aromatic carbocycles. The van der Waals surface area contributed by atoms with E-state index in [4.69, 9.17) is 22.6 Å². The third kappa shape index (κ3) is 7.64. The summed E-state index contributed by atoms with van der Waals surface area (Å²) in [5.41, 5.74) is 1.61. The zero-order chi connectivity index (χ0) is 29.4. The van der Waals surface area contributed by atoms with Crippen LogP contribution >= 0.6 is 16.1 Å². The van der Waals surface area contributed by atoms with Gasteiger partial charge in [-0.2, -0.15) is 4.57 Å². The molecule has 0 bridgehead atoms. The lowest BCUT2D eigenvalue weighted by molar-refractivity contribution is 0.298. The standard InChI is InChI=1S/C33H30O7P2/c1-33(2,26-18-22-29(23-19-26)37-41(34)36-28-12-6-3-7-13-28)27-20-24-32(25-21-27)40-42(35,38-30-14-8-4-9-15-30)39-31-16-10-5-11-17-31/h3-25,41H,1-2H3. The molecular weight excluding hydrogens is 570 g/mol. The van der Waals surface area contributed by atoms with E-state index in [-0.39, 0.29) is 0 Å². The molecule has 42 heavy (non-hydrogen) atoms. The molecule has 214 valence electrons. The minimum Gasteiger partial charge on any atom is -0.418 e. The molecule has 0 aliphatic rings. The smallest absolute Gasteiger partial charge is 0.418 e. The van der Waals surface area contributed by atoms with Gasteiger partial charge in [0.1, 0.15) is 28.7 Å². The molecule has 0 aromatic heterocycles. The quantitative estimate of drug-likeness (QED) is 0.132. The zero-order valence-corrected chi connectivity index (χ0v) is 25.0. The van der Waals surface area contributed by atoms with Crippen LogP contribution in [0.3, 0.4) is 0 Å². The summed E-state index contributed by atoms with van der Waals surface area (Å²) >= 11 is 0. The van der Waals surface area contributed by atoms with Crippen molar-refractivity contribution in [2.75, 3.05) is 0 Å². The molecule has 0 radical (unpaired) electrons. The second-order valence-electron chi connectivity index (χ2n) is 9.79. The number of para-hydroxylation sites is 3. The van der Waals surface area contributed by atoms with Gasteiger partial charge < -0.3 is 22.6 Å². The number of phosphoric ester groups is 1. The van der Waals surface area contributed by atoms with E-state index in [0.29, 0.717) is 28.7 Å². The Morgan fingerprint density at radius 2 is 0.786 bits per heavy atom. The van der Waals surface area contributed by atoms with Crippen LogP contribution < -0.4 is 22.6 Å². The summed E-state index contributed by atoms with van der Waals surface area (Å²) in [4.78, 5) is 0. The van der Waals surface area contributed by atoms with Crippen molar-refractivity contribution in [2.24, 2.45) is 0 Å². The maximum Gasteiger partial charge on any atom is 0.647 e. The van der Waals surface area contributed by atoms with E-state index in [1.165, 1.54) is 0 Å². The molecule has 0 saturated carbocycles. The van der Waals surface area contributed by atoms with E-state index in [2.05, 4.69) is 13.8 Å². The summed E-state index contributed by atoms with van der Waals surface area (Å²) in [5.74, 6) is 1.99. The number of rotatable bonds is 12. The predicted molar refractivity (Wildman–Crippen MR) is 164 cm³/mol.